The van der Waals surface area contributed by atoms with Crippen molar-refractivity contribution in [1.82, 2.24) is 10.3 Å². The second-order valence-electron chi connectivity index (χ2n) is 8.24. The first-order valence-corrected chi connectivity index (χ1v) is 10.2. The van der Waals surface area contributed by atoms with Crippen LogP contribution in [-0.2, 0) is 6.18 Å². The lowest BCUT2D eigenvalue weighted by Gasteiger charge is -2.21. The van der Waals surface area contributed by atoms with Gasteiger partial charge in [-0.25, -0.2) is 0 Å². The number of halogens is 4. The van der Waals surface area contributed by atoms with Crippen molar-refractivity contribution >= 4 is 28.2 Å². The van der Waals surface area contributed by atoms with Crippen molar-refractivity contribution in [3.63, 3.8) is 0 Å². The Kier molecular flexibility index (Phi) is 6.58. The summed E-state index contributed by atoms with van der Waals surface area (Å²) in [5.41, 5.74) is 2.37. The van der Waals surface area contributed by atoms with Crippen LogP contribution in [0.5, 0.6) is 0 Å². The predicted molar refractivity (Wildman–Crippen MR) is 118 cm³/mol. The molecule has 0 atom stereocenters. The van der Waals surface area contributed by atoms with Crippen molar-refractivity contribution in [2.75, 3.05) is 18.4 Å². The number of anilines is 1. The number of rotatable bonds is 6. The molecule has 3 nitrogen and oxygen atoms in total. The minimum absolute atomic E-state index is 0.0471. The van der Waals surface area contributed by atoms with Gasteiger partial charge in [-0.3, -0.25) is 4.98 Å². The highest BCUT2D eigenvalue weighted by Crippen LogP contribution is 2.36. The maximum atomic E-state index is 12.9. The van der Waals surface area contributed by atoms with Crippen LogP contribution in [0.4, 0.5) is 18.9 Å². The maximum Gasteiger partial charge on any atom is 0.416 e. The molecule has 0 bridgehead atoms. The smallest absolute Gasteiger partial charge is 0.384 e. The van der Waals surface area contributed by atoms with Gasteiger partial charge in [0.1, 0.15) is 0 Å². The van der Waals surface area contributed by atoms with Crippen LogP contribution in [0.1, 0.15) is 32.8 Å². The van der Waals surface area contributed by atoms with E-state index in [0.29, 0.717) is 17.1 Å². The lowest BCUT2D eigenvalue weighted by Crippen LogP contribution is -2.36. The summed E-state index contributed by atoms with van der Waals surface area (Å²) in [4.78, 5) is 4.47. The van der Waals surface area contributed by atoms with E-state index in [1.54, 1.807) is 18.3 Å². The Morgan fingerprint density at radius 1 is 0.967 bits per heavy atom. The number of nitrogens with zero attached hydrogens (tertiary/aromatic N) is 1. The molecule has 0 unspecified atom stereocenters. The van der Waals surface area contributed by atoms with Crippen molar-refractivity contribution in [3.05, 3.63) is 59.2 Å². The number of benzene rings is 2. The summed E-state index contributed by atoms with van der Waals surface area (Å²) in [5.74, 6) is 0. The molecule has 0 saturated heterocycles. The highest BCUT2D eigenvalue weighted by molar-refractivity contribution is 6.31. The molecule has 0 aliphatic rings. The van der Waals surface area contributed by atoms with Crippen LogP contribution >= 0.6 is 11.6 Å². The lowest BCUT2D eigenvalue weighted by atomic mass is 10.0. The summed E-state index contributed by atoms with van der Waals surface area (Å²) in [7, 11) is 0. The summed E-state index contributed by atoms with van der Waals surface area (Å²) in [6.07, 6.45) is -1.80. The Labute approximate surface area is 179 Å². The predicted octanol–water partition coefficient (Wildman–Crippen LogP) is 6.76. The van der Waals surface area contributed by atoms with Gasteiger partial charge in [-0.15, -0.1) is 0 Å². The molecule has 0 spiro atoms. The Bertz CT molecular complexity index is 1010. The van der Waals surface area contributed by atoms with E-state index in [0.717, 1.165) is 47.3 Å². The summed E-state index contributed by atoms with van der Waals surface area (Å²) >= 11 is 6.10. The van der Waals surface area contributed by atoms with Crippen LogP contribution in [0.25, 0.3) is 22.0 Å². The van der Waals surface area contributed by atoms with Gasteiger partial charge in [0.15, 0.2) is 0 Å². The normalized spacial score (nSPS) is 12.4. The average Bonchev–Trinajstić information content (AvgIpc) is 2.66. The number of pyridine rings is 1. The highest BCUT2D eigenvalue weighted by Gasteiger charge is 2.30. The number of aromatic nitrogens is 1. The van der Waals surface area contributed by atoms with E-state index in [4.69, 9.17) is 11.6 Å². The minimum atomic E-state index is -4.36. The third-order valence-corrected chi connectivity index (χ3v) is 4.90. The zero-order valence-electron chi connectivity index (χ0n) is 17.2. The third kappa shape index (κ3) is 5.64. The Morgan fingerprint density at radius 3 is 2.30 bits per heavy atom. The van der Waals surface area contributed by atoms with E-state index in [9.17, 15) is 13.2 Å². The lowest BCUT2D eigenvalue weighted by molar-refractivity contribution is -0.137. The molecule has 0 aliphatic heterocycles. The van der Waals surface area contributed by atoms with Gasteiger partial charge in [0.25, 0.3) is 0 Å². The third-order valence-electron chi connectivity index (χ3n) is 4.67. The fraction of sp³-hybridized carbons (Fsp3) is 0.348. The average molecular weight is 436 g/mol. The van der Waals surface area contributed by atoms with Crippen molar-refractivity contribution in [2.45, 2.75) is 38.9 Å². The van der Waals surface area contributed by atoms with E-state index in [1.807, 2.05) is 6.07 Å². The van der Waals surface area contributed by atoms with Crippen molar-refractivity contribution in [2.24, 2.45) is 0 Å². The van der Waals surface area contributed by atoms with Gasteiger partial charge in [-0.2, -0.15) is 13.2 Å². The topological polar surface area (TPSA) is 37.0 Å². The Balaban J connectivity index is 1.91. The second kappa shape index (κ2) is 8.82. The molecule has 1 aromatic heterocycles. The molecule has 7 heteroatoms. The first kappa shape index (κ1) is 22.4. The van der Waals surface area contributed by atoms with Crippen LogP contribution < -0.4 is 10.6 Å². The molecule has 2 aromatic carbocycles. The number of alkyl halides is 3. The van der Waals surface area contributed by atoms with Crippen molar-refractivity contribution < 1.29 is 13.2 Å². The van der Waals surface area contributed by atoms with Crippen LogP contribution in [0, 0.1) is 0 Å². The monoisotopic (exact) mass is 435 g/mol. The molecule has 160 valence electrons. The van der Waals surface area contributed by atoms with Crippen molar-refractivity contribution in [3.8, 4) is 11.1 Å². The fourth-order valence-electron chi connectivity index (χ4n) is 3.18. The Hall–Kier alpha value is -2.31. The van der Waals surface area contributed by atoms with Gasteiger partial charge in [-0.05, 0) is 69.6 Å². The molecule has 0 radical (unpaired) electrons. The van der Waals surface area contributed by atoms with E-state index < -0.39 is 11.7 Å². The number of hydrogen-bond donors (Lipinski definition) is 2. The molecule has 0 saturated carbocycles. The Morgan fingerprint density at radius 2 is 1.67 bits per heavy atom. The summed E-state index contributed by atoms with van der Waals surface area (Å²) in [6.45, 7) is 7.90. The molecule has 30 heavy (non-hydrogen) atoms. The maximum absolute atomic E-state index is 12.9. The standard InChI is InChI=1S/C23H25ClF3N3/c1-22(2,3)30-12-4-11-28-21-18-10-9-17(24)13-20(18)29-14-19(21)15-5-7-16(8-6-15)23(25,26)27/h5-10,13-14,30H,4,11-12H2,1-3H3,(H,28,29). The van der Waals surface area contributed by atoms with Gasteiger partial charge < -0.3 is 10.6 Å². The quantitative estimate of drug-likeness (QED) is 0.420. The van der Waals surface area contributed by atoms with Crippen LogP contribution in [0.2, 0.25) is 5.02 Å². The molecular weight excluding hydrogens is 411 g/mol. The molecule has 2 N–H and O–H groups in total. The van der Waals surface area contributed by atoms with Crippen LogP contribution in [-0.4, -0.2) is 23.6 Å². The summed E-state index contributed by atoms with van der Waals surface area (Å²) in [5, 5.41) is 8.36. The van der Waals surface area contributed by atoms with E-state index in [2.05, 4.69) is 36.4 Å². The first-order chi connectivity index (χ1) is 14.0. The first-order valence-electron chi connectivity index (χ1n) is 9.79. The highest BCUT2D eigenvalue weighted by atomic mass is 35.5. The van der Waals surface area contributed by atoms with Gasteiger partial charge in [0.05, 0.1) is 16.8 Å². The number of hydrogen-bond acceptors (Lipinski definition) is 3. The summed E-state index contributed by atoms with van der Waals surface area (Å²) in [6, 6.07) is 10.6. The second-order valence-corrected chi connectivity index (χ2v) is 8.68. The molecule has 0 fully saturated rings. The van der Waals surface area contributed by atoms with Gasteiger partial charge in [0.2, 0.25) is 0 Å². The van der Waals surface area contributed by atoms with Crippen LogP contribution in [0.15, 0.2) is 48.7 Å². The molecule has 3 aromatic rings. The molecule has 3 rings (SSSR count). The van der Waals surface area contributed by atoms with Gasteiger partial charge in [0, 0.05) is 34.3 Å². The fourth-order valence-corrected chi connectivity index (χ4v) is 3.35. The summed E-state index contributed by atoms with van der Waals surface area (Å²) < 4.78 is 38.8. The molecule has 0 amide bonds. The van der Waals surface area contributed by atoms with Crippen LogP contribution in [0.3, 0.4) is 0 Å². The van der Waals surface area contributed by atoms with E-state index in [-0.39, 0.29) is 5.54 Å². The largest absolute Gasteiger partial charge is 0.416 e. The number of fused-ring (bicyclic) bond motifs is 1. The SMILES string of the molecule is CC(C)(C)NCCCNc1c(-c2ccc(C(F)(F)F)cc2)cnc2cc(Cl)ccc12. The zero-order valence-corrected chi connectivity index (χ0v) is 18.0. The van der Waals surface area contributed by atoms with E-state index >= 15 is 0 Å². The van der Waals surface area contributed by atoms with Crippen molar-refractivity contribution in [1.29, 1.82) is 0 Å². The molecule has 1 heterocycles. The van der Waals surface area contributed by atoms with E-state index in [1.165, 1.54) is 12.1 Å². The number of nitrogens with one attached hydrogen (secondary N) is 2. The minimum Gasteiger partial charge on any atom is -0.384 e. The van der Waals surface area contributed by atoms with Gasteiger partial charge >= 0.3 is 6.18 Å². The zero-order chi connectivity index (χ0) is 21.9. The molecular formula is C23H25ClF3N3. The van der Waals surface area contributed by atoms with Gasteiger partial charge in [-0.1, -0.05) is 23.7 Å². The molecule has 0 aliphatic carbocycles.